The lowest BCUT2D eigenvalue weighted by atomic mass is 10.1. The van der Waals surface area contributed by atoms with Crippen molar-refractivity contribution in [2.75, 3.05) is 11.9 Å². The first-order valence-corrected chi connectivity index (χ1v) is 6.21. The lowest BCUT2D eigenvalue weighted by molar-refractivity contribution is 0.0936. The van der Waals surface area contributed by atoms with Crippen molar-refractivity contribution in [1.29, 1.82) is 0 Å². The van der Waals surface area contributed by atoms with Gasteiger partial charge in [0.25, 0.3) is 5.91 Å². The van der Waals surface area contributed by atoms with Crippen LogP contribution in [0.3, 0.4) is 0 Å². The van der Waals surface area contributed by atoms with Gasteiger partial charge in [-0.1, -0.05) is 0 Å². The Labute approximate surface area is 102 Å². The SMILES string of the molecule is CCNc1cnccc1C(=O)NC(C)C1CC1. The molecule has 1 atom stereocenters. The highest BCUT2D eigenvalue weighted by atomic mass is 16.1. The fourth-order valence-electron chi connectivity index (χ4n) is 1.92. The van der Waals surface area contributed by atoms with Crippen LogP contribution in [0.15, 0.2) is 18.5 Å². The molecule has 17 heavy (non-hydrogen) atoms. The maximum atomic E-state index is 12.1. The number of carbonyl (C=O) groups excluding carboxylic acids is 1. The zero-order chi connectivity index (χ0) is 12.3. The summed E-state index contributed by atoms with van der Waals surface area (Å²) in [5.41, 5.74) is 1.48. The molecule has 1 aromatic heterocycles. The molecule has 1 aliphatic rings. The minimum absolute atomic E-state index is 0.0113. The largest absolute Gasteiger partial charge is 0.383 e. The Morgan fingerprint density at radius 2 is 2.35 bits per heavy atom. The molecule has 0 bridgehead atoms. The van der Waals surface area contributed by atoms with Gasteiger partial charge in [-0.15, -0.1) is 0 Å². The van der Waals surface area contributed by atoms with Gasteiger partial charge in [-0.3, -0.25) is 9.78 Å². The number of rotatable bonds is 5. The molecule has 0 saturated heterocycles. The molecule has 0 aliphatic heterocycles. The van der Waals surface area contributed by atoms with Crippen LogP contribution in [0, 0.1) is 5.92 Å². The average molecular weight is 233 g/mol. The first kappa shape index (κ1) is 11.9. The van der Waals surface area contributed by atoms with E-state index in [-0.39, 0.29) is 11.9 Å². The van der Waals surface area contributed by atoms with E-state index in [0.717, 1.165) is 12.2 Å². The molecule has 4 heteroatoms. The van der Waals surface area contributed by atoms with Gasteiger partial charge in [0.1, 0.15) is 0 Å². The van der Waals surface area contributed by atoms with Crippen molar-refractivity contribution in [3.63, 3.8) is 0 Å². The lowest BCUT2D eigenvalue weighted by Gasteiger charge is -2.15. The van der Waals surface area contributed by atoms with Crippen molar-refractivity contribution in [2.45, 2.75) is 32.7 Å². The molecule has 0 aromatic carbocycles. The molecule has 0 spiro atoms. The maximum absolute atomic E-state index is 12.1. The van der Waals surface area contributed by atoms with Gasteiger partial charge in [-0.25, -0.2) is 0 Å². The molecule has 1 fully saturated rings. The average Bonchev–Trinajstić information content (AvgIpc) is 3.13. The Hall–Kier alpha value is -1.58. The number of carbonyl (C=O) groups is 1. The normalized spacial score (nSPS) is 16.4. The van der Waals surface area contributed by atoms with Crippen LogP contribution in [-0.2, 0) is 0 Å². The van der Waals surface area contributed by atoms with E-state index in [4.69, 9.17) is 0 Å². The van der Waals surface area contributed by atoms with Gasteiger partial charge in [0.15, 0.2) is 0 Å². The van der Waals surface area contributed by atoms with E-state index in [0.29, 0.717) is 11.5 Å². The van der Waals surface area contributed by atoms with Crippen LogP contribution in [0.4, 0.5) is 5.69 Å². The molecule has 92 valence electrons. The number of aromatic nitrogens is 1. The van der Waals surface area contributed by atoms with Gasteiger partial charge in [0.2, 0.25) is 0 Å². The van der Waals surface area contributed by atoms with Gasteiger partial charge < -0.3 is 10.6 Å². The van der Waals surface area contributed by atoms with Gasteiger partial charge in [0.05, 0.1) is 17.4 Å². The molecule has 1 amide bonds. The van der Waals surface area contributed by atoms with Gasteiger partial charge in [-0.2, -0.15) is 0 Å². The monoisotopic (exact) mass is 233 g/mol. The van der Waals surface area contributed by atoms with Crippen LogP contribution in [0.5, 0.6) is 0 Å². The second kappa shape index (κ2) is 5.17. The van der Waals surface area contributed by atoms with Crippen molar-refractivity contribution >= 4 is 11.6 Å². The highest BCUT2D eigenvalue weighted by molar-refractivity contribution is 5.99. The molecule has 1 heterocycles. The number of hydrogen-bond acceptors (Lipinski definition) is 3. The third-order valence-corrected chi connectivity index (χ3v) is 3.12. The number of amides is 1. The van der Waals surface area contributed by atoms with Crippen molar-refractivity contribution in [3.05, 3.63) is 24.0 Å². The summed E-state index contributed by atoms with van der Waals surface area (Å²) >= 11 is 0. The predicted octanol–water partition coefficient (Wildman–Crippen LogP) is 2.04. The quantitative estimate of drug-likeness (QED) is 0.818. The van der Waals surface area contributed by atoms with Gasteiger partial charge in [0, 0.05) is 18.8 Å². The second-order valence-corrected chi connectivity index (χ2v) is 4.55. The molecular formula is C13H19N3O. The van der Waals surface area contributed by atoms with E-state index in [1.165, 1.54) is 12.8 Å². The van der Waals surface area contributed by atoms with E-state index in [1.54, 1.807) is 18.5 Å². The minimum atomic E-state index is -0.0113. The van der Waals surface area contributed by atoms with Crippen LogP contribution in [-0.4, -0.2) is 23.5 Å². The number of hydrogen-bond donors (Lipinski definition) is 2. The van der Waals surface area contributed by atoms with Crippen LogP contribution in [0.25, 0.3) is 0 Å². The predicted molar refractivity (Wildman–Crippen MR) is 68.1 cm³/mol. The lowest BCUT2D eigenvalue weighted by Crippen LogP contribution is -2.34. The number of anilines is 1. The van der Waals surface area contributed by atoms with Crippen molar-refractivity contribution < 1.29 is 4.79 Å². The molecule has 0 radical (unpaired) electrons. The third-order valence-electron chi connectivity index (χ3n) is 3.12. The maximum Gasteiger partial charge on any atom is 0.253 e. The van der Waals surface area contributed by atoms with Crippen LogP contribution in [0.1, 0.15) is 37.0 Å². The third kappa shape index (κ3) is 2.96. The summed E-state index contributed by atoms with van der Waals surface area (Å²) in [6.07, 6.45) is 5.81. The highest BCUT2D eigenvalue weighted by Crippen LogP contribution is 2.32. The fraction of sp³-hybridized carbons (Fsp3) is 0.538. The molecule has 1 unspecified atom stereocenters. The van der Waals surface area contributed by atoms with Crippen molar-refractivity contribution in [3.8, 4) is 0 Å². The summed E-state index contributed by atoms with van der Waals surface area (Å²) in [5.74, 6) is 0.658. The van der Waals surface area contributed by atoms with Crippen molar-refractivity contribution in [2.24, 2.45) is 5.92 Å². The standard InChI is InChI=1S/C13H19N3O/c1-3-15-12-8-14-7-6-11(12)13(17)16-9(2)10-4-5-10/h6-10,15H,3-5H2,1-2H3,(H,16,17). The summed E-state index contributed by atoms with van der Waals surface area (Å²) in [6, 6.07) is 2.03. The number of pyridine rings is 1. The first-order chi connectivity index (χ1) is 8.22. The van der Waals surface area contributed by atoms with Gasteiger partial charge in [-0.05, 0) is 38.7 Å². The minimum Gasteiger partial charge on any atom is -0.383 e. The van der Waals surface area contributed by atoms with Crippen LogP contribution < -0.4 is 10.6 Å². The highest BCUT2D eigenvalue weighted by Gasteiger charge is 2.29. The molecular weight excluding hydrogens is 214 g/mol. The molecule has 2 rings (SSSR count). The van der Waals surface area contributed by atoms with Crippen LogP contribution in [0.2, 0.25) is 0 Å². The second-order valence-electron chi connectivity index (χ2n) is 4.55. The summed E-state index contributed by atoms with van der Waals surface area (Å²) < 4.78 is 0. The van der Waals surface area contributed by atoms with E-state index in [2.05, 4.69) is 22.5 Å². The van der Waals surface area contributed by atoms with Crippen molar-refractivity contribution in [1.82, 2.24) is 10.3 Å². The molecule has 2 N–H and O–H groups in total. The Bertz CT molecular complexity index is 401. The molecule has 4 nitrogen and oxygen atoms in total. The smallest absolute Gasteiger partial charge is 0.253 e. The summed E-state index contributed by atoms with van der Waals surface area (Å²) in [7, 11) is 0. The van der Waals surface area contributed by atoms with E-state index in [9.17, 15) is 4.79 Å². The molecule has 1 aromatic rings. The molecule has 1 saturated carbocycles. The van der Waals surface area contributed by atoms with E-state index >= 15 is 0 Å². The van der Waals surface area contributed by atoms with Crippen LogP contribution >= 0.6 is 0 Å². The zero-order valence-corrected chi connectivity index (χ0v) is 10.4. The topological polar surface area (TPSA) is 54.0 Å². The Morgan fingerprint density at radius 3 is 3.00 bits per heavy atom. The van der Waals surface area contributed by atoms with E-state index in [1.807, 2.05) is 6.92 Å². The number of nitrogens with zero attached hydrogens (tertiary/aromatic N) is 1. The summed E-state index contributed by atoms with van der Waals surface area (Å²) in [6.45, 7) is 4.86. The Morgan fingerprint density at radius 1 is 1.59 bits per heavy atom. The summed E-state index contributed by atoms with van der Waals surface area (Å²) in [5, 5.41) is 6.20. The molecule has 1 aliphatic carbocycles. The van der Waals surface area contributed by atoms with Gasteiger partial charge >= 0.3 is 0 Å². The Kier molecular flexibility index (Phi) is 3.61. The zero-order valence-electron chi connectivity index (χ0n) is 10.4. The number of nitrogens with one attached hydrogen (secondary N) is 2. The summed E-state index contributed by atoms with van der Waals surface area (Å²) in [4.78, 5) is 16.1. The first-order valence-electron chi connectivity index (χ1n) is 6.21. The Balaban J connectivity index is 2.06. The fourth-order valence-corrected chi connectivity index (χ4v) is 1.92. The van der Waals surface area contributed by atoms with E-state index < -0.39 is 0 Å².